The van der Waals surface area contributed by atoms with Gasteiger partial charge in [0.25, 0.3) is 0 Å². The quantitative estimate of drug-likeness (QED) is 0.453. The van der Waals surface area contributed by atoms with Crippen LogP contribution < -0.4 is 10.6 Å². The van der Waals surface area contributed by atoms with Crippen molar-refractivity contribution in [1.29, 1.82) is 5.26 Å². The van der Waals surface area contributed by atoms with Crippen molar-refractivity contribution in [1.82, 2.24) is 0 Å². The first-order valence-electron chi connectivity index (χ1n) is 10.1. The highest BCUT2D eigenvalue weighted by atomic mass is 16.3. The van der Waals surface area contributed by atoms with E-state index in [0.29, 0.717) is 16.9 Å². The highest BCUT2D eigenvalue weighted by molar-refractivity contribution is 5.89. The number of nitrogens with two attached hydrogens (primary N) is 1. The van der Waals surface area contributed by atoms with Crippen molar-refractivity contribution in [2.24, 2.45) is 5.73 Å². The Labute approximate surface area is 171 Å². The van der Waals surface area contributed by atoms with Crippen molar-refractivity contribution >= 4 is 22.0 Å². The monoisotopic (exact) mass is 383 g/mol. The molecule has 0 atom stereocenters. The Balaban J connectivity index is 1.65. The summed E-state index contributed by atoms with van der Waals surface area (Å²) in [5.41, 5.74) is 9.12. The molecule has 0 amide bonds. The van der Waals surface area contributed by atoms with Crippen LogP contribution in [0.1, 0.15) is 31.9 Å². The molecule has 146 valence electrons. The normalized spacial score (nSPS) is 15.5. The first-order valence-corrected chi connectivity index (χ1v) is 10.1. The number of benzene rings is 2. The van der Waals surface area contributed by atoms with Gasteiger partial charge in [-0.3, -0.25) is 0 Å². The molecule has 1 fully saturated rings. The van der Waals surface area contributed by atoms with E-state index in [-0.39, 0.29) is 0 Å². The molecule has 0 bridgehead atoms. The van der Waals surface area contributed by atoms with E-state index < -0.39 is 0 Å². The number of nitriles is 1. The second-order valence-corrected chi connectivity index (χ2v) is 7.47. The zero-order valence-electron chi connectivity index (χ0n) is 16.7. The van der Waals surface area contributed by atoms with Gasteiger partial charge in [-0.1, -0.05) is 18.2 Å². The van der Waals surface area contributed by atoms with Crippen LogP contribution in [0.2, 0.25) is 0 Å². The molecular formula is C25H25N3O. The van der Waals surface area contributed by atoms with Crippen molar-refractivity contribution in [2.45, 2.75) is 26.2 Å². The summed E-state index contributed by atoms with van der Waals surface area (Å²) < 4.78 is 6.05. The molecule has 0 spiro atoms. The van der Waals surface area contributed by atoms with Gasteiger partial charge in [-0.2, -0.15) is 5.26 Å². The molecule has 2 heterocycles. The van der Waals surface area contributed by atoms with Gasteiger partial charge in [-0.05, 0) is 79.6 Å². The Morgan fingerprint density at radius 2 is 1.79 bits per heavy atom. The third-order valence-corrected chi connectivity index (χ3v) is 5.54. The fourth-order valence-corrected chi connectivity index (χ4v) is 3.92. The minimum absolute atomic E-state index is 0.566. The summed E-state index contributed by atoms with van der Waals surface area (Å²) in [5.74, 6) is 1.41. The van der Waals surface area contributed by atoms with E-state index in [9.17, 15) is 5.26 Å². The third-order valence-electron chi connectivity index (χ3n) is 5.54. The second kappa shape index (κ2) is 8.28. The van der Waals surface area contributed by atoms with Gasteiger partial charge in [0, 0.05) is 35.5 Å². The van der Waals surface area contributed by atoms with Crippen LogP contribution in [0, 0.1) is 11.3 Å². The van der Waals surface area contributed by atoms with Crippen LogP contribution in [0.5, 0.6) is 0 Å². The molecule has 4 rings (SSSR count). The number of rotatable bonds is 4. The lowest BCUT2D eigenvalue weighted by molar-refractivity contribution is 0.568. The van der Waals surface area contributed by atoms with E-state index in [1.807, 2.05) is 12.1 Å². The van der Waals surface area contributed by atoms with E-state index in [0.717, 1.165) is 24.4 Å². The Hall–Kier alpha value is -3.45. The van der Waals surface area contributed by atoms with Crippen LogP contribution in [0.3, 0.4) is 0 Å². The molecule has 0 saturated carbocycles. The van der Waals surface area contributed by atoms with Crippen LogP contribution in [-0.2, 0) is 0 Å². The molecule has 0 radical (unpaired) electrons. The molecule has 0 unspecified atom stereocenters. The van der Waals surface area contributed by atoms with Crippen LogP contribution in [0.4, 0.5) is 5.69 Å². The van der Waals surface area contributed by atoms with Crippen molar-refractivity contribution in [3.8, 4) is 17.4 Å². The van der Waals surface area contributed by atoms with Gasteiger partial charge in [-0.15, -0.1) is 0 Å². The summed E-state index contributed by atoms with van der Waals surface area (Å²) in [7, 11) is 0. The van der Waals surface area contributed by atoms with Crippen molar-refractivity contribution in [3.05, 3.63) is 72.1 Å². The van der Waals surface area contributed by atoms with E-state index in [1.54, 1.807) is 13.0 Å². The minimum atomic E-state index is 0.566. The third kappa shape index (κ3) is 3.90. The fraction of sp³-hybridized carbons (Fsp3) is 0.240. The molecule has 4 nitrogen and oxygen atoms in total. The SMILES string of the molecule is C/C(C#N)=C(\C=C/N)c1ccc(-c2ccc3cc(N4CCCCC4)ccc3c2)o1. The molecular weight excluding hydrogens is 358 g/mol. The molecule has 4 heteroatoms. The van der Waals surface area contributed by atoms with E-state index in [2.05, 4.69) is 47.4 Å². The van der Waals surface area contributed by atoms with Crippen LogP contribution in [0.15, 0.2) is 70.8 Å². The van der Waals surface area contributed by atoms with Crippen LogP contribution >= 0.6 is 0 Å². The number of hydrogen-bond donors (Lipinski definition) is 1. The van der Waals surface area contributed by atoms with Gasteiger partial charge in [0.05, 0.1) is 6.07 Å². The molecule has 2 N–H and O–H groups in total. The Bertz CT molecular complexity index is 1120. The molecule has 2 aromatic carbocycles. The number of nitrogens with zero attached hydrogens (tertiary/aromatic N) is 2. The average molecular weight is 383 g/mol. The first kappa shape index (κ1) is 18.9. The fourth-order valence-electron chi connectivity index (χ4n) is 3.92. The minimum Gasteiger partial charge on any atom is -0.456 e. The maximum atomic E-state index is 9.22. The molecule has 3 aromatic rings. The van der Waals surface area contributed by atoms with Gasteiger partial charge < -0.3 is 15.1 Å². The molecule has 1 aliphatic heterocycles. The largest absolute Gasteiger partial charge is 0.456 e. The number of hydrogen-bond acceptors (Lipinski definition) is 4. The molecule has 1 aromatic heterocycles. The van der Waals surface area contributed by atoms with Crippen molar-refractivity contribution < 1.29 is 4.42 Å². The summed E-state index contributed by atoms with van der Waals surface area (Å²) >= 11 is 0. The van der Waals surface area contributed by atoms with E-state index in [1.165, 1.54) is 41.9 Å². The highest BCUT2D eigenvalue weighted by Crippen LogP contribution is 2.31. The summed E-state index contributed by atoms with van der Waals surface area (Å²) in [4.78, 5) is 2.48. The standard InChI is InChI=1S/C25H25N3O/c1-18(17-27)23(11-12-26)25-10-9-24(29-25)21-6-5-20-16-22(8-7-19(20)15-21)28-13-3-2-4-14-28/h5-12,15-16H,2-4,13-14,26H2,1H3/b12-11-,23-18-. The topological polar surface area (TPSA) is 66.2 Å². The molecule has 1 saturated heterocycles. The first-order chi connectivity index (χ1) is 14.2. The Morgan fingerprint density at radius 3 is 2.55 bits per heavy atom. The lowest BCUT2D eigenvalue weighted by Gasteiger charge is -2.29. The zero-order valence-corrected chi connectivity index (χ0v) is 16.7. The number of allylic oxidation sites excluding steroid dienone is 3. The number of piperidine rings is 1. The average Bonchev–Trinajstić information content (AvgIpc) is 3.26. The van der Waals surface area contributed by atoms with Crippen LogP contribution in [0.25, 0.3) is 27.7 Å². The summed E-state index contributed by atoms with van der Waals surface area (Å²) in [6.45, 7) is 4.05. The number of fused-ring (bicyclic) bond motifs is 1. The predicted octanol–water partition coefficient (Wildman–Crippen LogP) is 5.86. The van der Waals surface area contributed by atoms with E-state index in [4.69, 9.17) is 10.2 Å². The maximum absolute atomic E-state index is 9.22. The second-order valence-electron chi connectivity index (χ2n) is 7.47. The molecule has 1 aliphatic rings. The molecule has 0 aliphatic carbocycles. The van der Waals surface area contributed by atoms with Crippen LogP contribution in [-0.4, -0.2) is 13.1 Å². The smallest absolute Gasteiger partial charge is 0.135 e. The summed E-state index contributed by atoms with van der Waals surface area (Å²) in [5, 5.41) is 11.6. The highest BCUT2D eigenvalue weighted by Gasteiger charge is 2.13. The lowest BCUT2D eigenvalue weighted by atomic mass is 10.0. The van der Waals surface area contributed by atoms with E-state index >= 15 is 0 Å². The van der Waals surface area contributed by atoms with Gasteiger partial charge >= 0.3 is 0 Å². The number of furan rings is 1. The van der Waals surface area contributed by atoms with Gasteiger partial charge in [0.15, 0.2) is 0 Å². The Kier molecular flexibility index (Phi) is 5.39. The summed E-state index contributed by atoms with van der Waals surface area (Å²) in [6.07, 6.45) is 7.01. The van der Waals surface area contributed by atoms with Gasteiger partial charge in [-0.25, -0.2) is 0 Å². The van der Waals surface area contributed by atoms with Gasteiger partial charge in [0.2, 0.25) is 0 Å². The zero-order chi connectivity index (χ0) is 20.2. The Morgan fingerprint density at radius 1 is 1.03 bits per heavy atom. The maximum Gasteiger partial charge on any atom is 0.135 e. The van der Waals surface area contributed by atoms with Crippen molar-refractivity contribution in [3.63, 3.8) is 0 Å². The van der Waals surface area contributed by atoms with Crippen molar-refractivity contribution in [2.75, 3.05) is 18.0 Å². The summed E-state index contributed by atoms with van der Waals surface area (Å²) in [6, 6.07) is 19.1. The van der Waals surface area contributed by atoms with Gasteiger partial charge in [0.1, 0.15) is 11.5 Å². The predicted molar refractivity (Wildman–Crippen MR) is 119 cm³/mol. The lowest BCUT2D eigenvalue weighted by Crippen LogP contribution is -2.29. The molecule has 29 heavy (non-hydrogen) atoms. The number of anilines is 1.